The van der Waals surface area contributed by atoms with Crippen molar-refractivity contribution in [2.45, 2.75) is 26.2 Å². The average molecular weight is 190 g/mol. The maximum atomic E-state index is 11.0. The number of thioether (sulfide) groups is 1. The van der Waals surface area contributed by atoms with Crippen LogP contribution >= 0.6 is 11.8 Å². The summed E-state index contributed by atoms with van der Waals surface area (Å²) in [5.74, 6) is 1.57. The highest BCUT2D eigenvalue weighted by molar-refractivity contribution is 7.99. The summed E-state index contributed by atoms with van der Waals surface area (Å²) in [7, 11) is 0. The molecule has 0 aliphatic rings. The van der Waals surface area contributed by atoms with Crippen molar-refractivity contribution >= 4 is 17.7 Å². The number of carbonyl (C=O) groups is 1. The minimum absolute atomic E-state index is 0.143. The zero-order valence-electron chi connectivity index (χ0n) is 7.64. The van der Waals surface area contributed by atoms with Crippen LogP contribution in [0.1, 0.15) is 26.2 Å². The molecule has 4 heteroatoms. The molecule has 0 atom stereocenters. The van der Waals surface area contributed by atoms with Crippen molar-refractivity contribution in [3.63, 3.8) is 0 Å². The third-order valence-corrected chi connectivity index (χ3v) is 2.17. The van der Waals surface area contributed by atoms with Crippen molar-refractivity contribution in [1.82, 2.24) is 5.32 Å². The van der Waals surface area contributed by atoms with Crippen LogP contribution in [0.25, 0.3) is 0 Å². The lowest BCUT2D eigenvalue weighted by atomic mass is 10.3. The van der Waals surface area contributed by atoms with E-state index in [-0.39, 0.29) is 5.91 Å². The summed E-state index contributed by atoms with van der Waals surface area (Å²) < 4.78 is 0. The van der Waals surface area contributed by atoms with Crippen LogP contribution in [0.15, 0.2) is 0 Å². The first-order valence-electron chi connectivity index (χ1n) is 4.35. The van der Waals surface area contributed by atoms with E-state index < -0.39 is 0 Å². The van der Waals surface area contributed by atoms with E-state index in [4.69, 9.17) is 5.73 Å². The van der Waals surface area contributed by atoms with Crippen molar-refractivity contribution < 1.29 is 4.79 Å². The fourth-order valence-corrected chi connectivity index (χ4v) is 1.24. The summed E-state index contributed by atoms with van der Waals surface area (Å²) in [6, 6.07) is 0. The molecule has 0 radical (unpaired) electrons. The van der Waals surface area contributed by atoms with Crippen LogP contribution < -0.4 is 11.1 Å². The summed E-state index contributed by atoms with van der Waals surface area (Å²) >= 11 is 1.59. The highest BCUT2D eigenvalue weighted by Gasteiger charge is 1.98. The molecule has 0 spiro atoms. The van der Waals surface area contributed by atoms with Gasteiger partial charge in [-0.3, -0.25) is 4.79 Å². The molecular weight excluding hydrogens is 172 g/mol. The number of nitrogens with one attached hydrogen (secondary N) is 1. The second kappa shape index (κ2) is 8.87. The number of hydrogen-bond acceptors (Lipinski definition) is 3. The lowest BCUT2D eigenvalue weighted by molar-refractivity contribution is -0.120. The Balaban J connectivity index is 3.10. The number of amides is 1. The van der Waals surface area contributed by atoms with Crippen LogP contribution in [0.4, 0.5) is 0 Å². The Labute approximate surface area is 78.5 Å². The zero-order chi connectivity index (χ0) is 9.23. The van der Waals surface area contributed by atoms with Crippen molar-refractivity contribution in [3.05, 3.63) is 0 Å². The molecule has 0 aliphatic carbocycles. The van der Waals surface area contributed by atoms with Gasteiger partial charge in [-0.15, -0.1) is 11.8 Å². The Hall–Kier alpha value is -0.220. The van der Waals surface area contributed by atoms with Crippen LogP contribution in [0.5, 0.6) is 0 Å². The molecule has 0 fully saturated rings. The average Bonchev–Trinajstić information content (AvgIpc) is 2.06. The van der Waals surface area contributed by atoms with E-state index in [1.165, 1.54) is 0 Å². The molecule has 0 aliphatic heterocycles. The summed E-state index contributed by atoms with van der Waals surface area (Å²) in [6.45, 7) is 2.92. The van der Waals surface area contributed by atoms with Crippen LogP contribution in [-0.2, 0) is 4.79 Å². The molecule has 0 aromatic carbocycles. The largest absolute Gasteiger partial charge is 0.356 e. The van der Waals surface area contributed by atoms with Gasteiger partial charge in [0, 0.05) is 24.6 Å². The van der Waals surface area contributed by atoms with Gasteiger partial charge < -0.3 is 11.1 Å². The number of nitrogens with two attached hydrogens (primary N) is 1. The van der Waals surface area contributed by atoms with Gasteiger partial charge in [0.15, 0.2) is 0 Å². The standard InChI is InChI=1S/C8H18N2OS/c1-2-3-5-10-8(11)4-6-12-7-9/h2-7,9H2,1H3,(H,10,11). The van der Waals surface area contributed by atoms with Crippen LogP contribution in [0, 0.1) is 0 Å². The molecule has 0 heterocycles. The predicted molar refractivity (Wildman–Crippen MR) is 54.0 cm³/mol. The molecule has 3 N–H and O–H groups in total. The SMILES string of the molecule is CCCCNC(=O)CCSCN. The fourth-order valence-electron chi connectivity index (χ4n) is 0.741. The highest BCUT2D eigenvalue weighted by atomic mass is 32.2. The van der Waals surface area contributed by atoms with Gasteiger partial charge in [0.25, 0.3) is 0 Å². The lowest BCUT2D eigenvalue weighted by Crippen LogP contribution is -2.24. The highest BCUT2D eigenvalue weighted by Crippen LogP contribution is 1.97. The molecule has 12 heavy (non-hydrogen) atoms. The molecule has 0 bridgehead atoms. The minimum Gasteiger partial charge on any atom is -0.356 e. The van der Waals surface area contributed by atoms with Crippen LogP contribution in [-0.4, -0.2) is 24.1 Å². The molecule has 0 saturated carbocycles. The van der Waals surface area contributed by atoms with E-state index in [1.54, 1.807) is 11.8 Å². The molecule has 0 rings (SSSR count). The Morgan fingerprint density at radius 2 is 2.33 bits per heavy atom. The molecule has 0 aromatic rings. The van der Waals surface area contributed by atoms with Gasteiger partial charge in [0.1, 0.15) is 0 Å². The predicted octanol–water partition coefficient (Wildman–Crippen LogP) is 0.942. The van der Waals surface area contributed by atoms with Crippen molar-refractivity contribution in [2.24, 2.45) is 5.73 Å². The smallest absolute Gasteiger partial charge is 0.220 e. The van der Waals surface area contributed by atoms with Crippen molar-refractivity contribution in [3.8, 4) is 0 Å². The molecule has 0 aromatic heterocycles. The second-order valence-electron chi connectivity index (χ2n) is 2.53. The van der Waals surface area contributed by atoms with Crippen LogP contribution in [0.2, 0.25) is 0 Å². The van der Waals surface area contributed by atoms with Crippen LogP contribution in [0.3, 0.4) is 0 Å². The lowest BCUT2D eigenvalue weighted by Gasteiger charge is -2.02. The molecular formula is C8H18N2OS. The van der Waals surface area contributed by atoms with E-state index in [9.17, 15) is 4.79 Å². The topological polar surface area (TPSA) is 55.1 Å². The molecule has 1 amide bonds. The number of unbranched alkanes of at least 4 members (excludes halogenated alkanes) is 1. The Morgan fingerprint density at radius 1 is 1.58 bits per heavy atom. The van der Waals surface area contributed by atoms with E-state index >= 15 is 0 Å². The van der Waals surface area contributed by atoms with E-state index in [0.717, 1.165) is 25.1 Å². The molecule has 0 unspecified atom stereocenters. The van der Waals surface area contributed by atoms with Gasteiger partial charge in [-0.25, -0.2) is 0 Å². The Morgan fingerprint density at radius 3 is 2.92 bits per heavy atom. The van der Waals surface area contributed by atoms with E-state index in [2.05, 4.69) is 12.2 Å². The monoisotopic (exact) mass is 190 g/mol. The van der Waals surface area contributed by atoms with E-state index in [0.29, 0.717) is 12.3 Å². The first-order chi connectivity index (χ1) is 5.81. The fraction of sp³-hybridized carbons (Fsp3) is 0.875. The zero-order valence-corrected chi connectivity index (χ0v) is 8.45. The third-order valence-electron chi connectivity index (χ3n) is 1.44. The Bertz CT molecular complexity index is 108. The summed E-state index contributed by atoms with van der Waals surface area (Å²) in [4.78, 5) is 11.0. The van der Waals surface area contributed by atoms with Gasteiger partial charge >= 0.3 is 0 Å². The van der Waals surface area contributed by atoms with Gasteiger partial charge in [0.2, 0.25) is 5.91 Å². The molecule has 72 valence electrons. The van der Waals surface area contributed by atoms with Crippen molar-refractivity contribution in [1.29, 1.82) is 0 Å². The Kier molecular flexibility index (Phi) is 8.71. The minimum atomic E-state index is 0.143. The maximum absolute atomic E-state index is 11.0. The first-order valence-corrected chi connectivity index (χ1v) is 5.51. The summed E-state index contributed by atoms with van der Waals surface area (Å²) in [6.07, 6.45) is 2.78. The first kappa shape index (κ1) is 11.8. The number of carbonyl (C=O) groups excluding carboxylic acids is 1. The van der Waals surface area contributed by atoms with Crippen molar-refractivity contribution in [2.75, 3.05) is 18.2 Å². The third kappa shape index (κ3) is 7.88. The quantitative estimate of drug-likeness (QED) is 0.464. The number of rotatable bonds is 7. The maximum Gasteiger partial charge on any atom is 0.220 e. The van der Waals surface area contributed by atoms with Gasteiger partial charge in [-0.2, -0.15) is 0 Å². The normalized spacial score (nSPS) is 9.83. The second-order valence-corrected chi connectivity index (χ2v) is 3.68. The van der Waals surface area contributed by atoms with Gasteiger partial charge in [-0.1, -0.05) is 13.3 Å². The summed E-state index contributed by atoms with van der Waals surface area (Å²) in [5, 5.41) is 2.85. The van der Waals surface area contributed by atoms with Gasteiger partial charge in [-0.05, 0) is 6.42 Å². The summed E-state index contributed by atoms with van der Waals surface area (Å²) in [5.41, 5.74) is 5.27. The van der Waals surface area contributed by atoms with E-state index in [1.807, 2.05) is 0 Å². The molecule has 0 saturated heterocycles. The van der Waals surface area contributed by atoms with Gasteiger partial charge in [0.05, 0.1) is 0 Å². The molecule has 3 nitrogen and oxygen atoms in total. The number of hydrogen-bond donors (Lipinski definition) is 2.